The largest absolute Gasteiger partial charge is 0.324 e. The van der Waals surface area contributed by atoms with E-state index in [1.807, 2.05) is 11.7 Å². The van der Waals surface area contributed by atoms with Gasteiger partial charge in [0.25, 0.3) is 0 Å². The van der Waals surface area contributed by atoms with E-state index < -0.39 is 0 Å². The van der Waals surface area contributed by atoms with Gasteiger partial charge >= 0.3 is 0 Å². The summed E-state index contributed by atoms with van der Waals surface area (Å²) in [5, 5.41) is 4.54. The van der Waals surface area contributed by atoms with Crippen molar-refractivity contribution in [3.05, 3.63) is 41.2 Å². The van der Waals surface area contributed by atoms with Crippen molar-refractivity contribution in [1.29, 1.82) is 0 Å². The van der Waals surface area contributed by atoms with E-state index in [1.54, 1.807) is 0 Å². The predicted octanol–water partition coefficient (Wildman–Crippen LogP) is 2.60. The minimum atomic E-state index is 0.210. The number of benzene rings is 1. The molecule has 3 rings (SSSR count). The average molecular weight is 241 g/mol. The van der Waals surface area contributed by atoms with Crippen molar-refractivity contribution in [2.75, 3.05) is 0 Å². The van der Waals surface area contributed by atoms with Crippen LogP contribution in [0.2, 0.25) is 0 Å². The minimum Gasteiger partial charge on any atom is -0.324 e. The second-order valence-electron chi connectivity index (χ2n) is 5.04. The third kappa shape index (κ3) is 1.66. The zero-order valence-electron chi connectivity index (χ0n) is 11.0. The molecule has 0 spiro atoms. The Morgan fingerprint density at radius 2 is 2.22 bits per heavy atom. The lowest BCUT2D eigenvalue weighted by molar-refractivity contribution is 0.713. The highest BCUT2D eigenvalue weighted by Crippen LogP contribution is 2.37. The summed E-state index contributed by atoms with van der Waals surface area (Å²) in [6.45, 7) is 2.15. The van der Waals surface area contributed by atoms with Crippen molar-refractivity contribution in [3.8, 4) is 11.1 Å². The standard InChI is InChI=1S/C15H19N3/c1-3-15-13(9-18(2)17-15)10-5-4-6-12-11(10)7-8-14(12)16/h4-6,9,14H,3,7-8,16H2,1-2H3. The van der Waals surface area contributed by atoms with E-state index in [9.17, 15) is 0 Å². The van der Waals surface area contributed by atoms with Gasteiger partial charge in [-0.2, -0.15) is 5.10 Å². The second kappa shape index (κ2) is 4.25. The van der Waals surface area contributed by atoms with E-state index in [0.29, 0.717) is 0 Å². The predicted molar refractivity (Wildman–Crippen MR) is 73.3 cm³/mol. The lowest BCUT2D eigenvalue weighted by atomic mass is 9.96. The number of hydrogen-bond acceptors (Lipinski definition) is 2. The Bertz CT molecular complexity index is 583. The molecule has 94 valence electrons. The molecule has 2 aromatic rings. The molecule has 0 saturated heterocycles. The highest BCUT2D eigenvalue weighted by molar-refractivity contribution is 5.71. The normalized spacial score (nSPS) is 18.1. The molecule has 1 aromatic carbocycles. The van der Waals surface area contributed by atoms with Crippen molar-refractivity contribution < 1.29 is 0 Å². The highest BCUT2D eigenvalue weighted by Gasteiger charge is 2.23. The van der Waals surface area contributed by atoms with E-state index in [2.05, 4.69) is 36.4 Å². The van der Waals surface area contributed by atoms with Crippen LogP contribution in [0.4, 0.5) is 0 Å². The van der Waals surface area contributed by atoms with E-state index in [-0.39, 0.29) is 6.04 Å². The summed E-state index contributed by atoms with van der Waals surface area (Å²) in [5.74, 6) is 0. The summed E-state index contributed by atoms with van der Waals surface area (Å²) in [7, 11) is 1.98. The summed E-state index contributed by atoms with van der Waals surface area (Å²) in [4.78, 5) is 0. The van der Waals surface area contributed by atoms with Crippen LogP contribution in [0, 0.1) is 0 Å². The maximum atomic E-state index is 6.15. The molecule has 0 aliphatic heterocycles. The van der Waals surface area contributed by atoms with Crippen LogP contribution in [0.25, 0.3) is 11.1 Å². The Morgan fingerprint density at radius 1 is 1.39 bits per heavy atom. The molecule has 0 radical (unpaired) electrons. The summed E-state index contributed by atoms with van der Waals surface area (Å²) in [6, 6.07) is 6.69. The molecule has 0 fully saturated rings. The molecule has 3 nitrogen and oxygen atoms in total. The third-order valence-corrected chi connectivity index (χ3v) is 3.85. The molecule has 1 heterocycles. The van der Waals surface area contributed by atoms with Crippen LogP contribution in [0.1, 0.15) is 36.2 Å². The molecule has 1 aromatic heterocycles. The first-order valence-electron chi connectivity index (χ1n) is 6.61. The lowest BCUT2D eigenvalue weighted by Crippen LogP contribution is -2.04. The Labute approximate surface area is 108 Å². The van der Waals surface area contributed by atoms with Gasteiger partial charge in [-0.25, -0.2) is 0 Å². The number of aromatic nitrogens is 2. The number of nitrogens with zero attached hydrogens (tertiary/aromatic N) is 2. The van der Waals surface area contributed by atoms with Gasteiger partial charge in [0.2, 0.25) is 0 Å². The van der Waals surface area contributed by atoms with Gasteiger partial charge in [-0.05, 0) is 36.0 Å². The van der Waals surface area contributed by atoms with Gasteiger partial charge in [0, 0.05) is 24.8 Å². The van der Waals surface area contributed by atoms with Crippen molar-refractivity contribution in [1.82, 2.24) is 9.78 Å². The van der Waals surface area contributed by atoms with E-state index in [1.165, 1.54) is 27.9 Å². The van der Waals surface area contributed by atoms with Crippen LogP contribution in [0.5, 0.6) is 0 Å². The molecule has 2 N–H and O–H groups in total. The van der Waals surface area contributed by atoms with Crippen molar-refractivity contribution >= 4 is 0 Å². The quantitative estimate of drug-likeness (QED) is 0.878. The first kappa shape index (κ1) is 11.5. The Kier molecular flexibility index (Phi) is 2.71. The van der Waals surface area contributed by atoms with Crippen LogP contribution < -0.4 is 5.73 Å². The van der Waals surface area contributed by atoms with Crippen molar-refractivity contribution in [3.63, 3.8) is 0 Å². The van der Waals surface area contributed by atoms with Crippen LogP contribution >= 0.6 is 0 Å². The molecule has 0 saturated carbocycles. The zero-order valence-corrected chi connectivity index (χ0v) is 11.0. The molecule has 3 heteroatoms. The SMILES string of the molecule is CCc1nn(C)cc1-c1cccc2c1CCC2N. The van der Waals surface area contributed by atoms with Crippen LogP contribution in [-0.4, -0.2) is 9.78 Å². The number of aryl methyl sites for hydroxylation is 2. The molecular weight excluding hydrogens is 222 g/mol. The molecule has 1 aliphatic rings. The first-order valence-corrected chi connectivity index (χ1v) is 6.61. The Hall–Kier alpha value is -1.61. The summed E-state index contributed by atoms with van der Waals surface area (Å²) in [5.41, 5.74) is 12.7. The zero-order chi connectivity index (χ0) is 12.7. The average Bonchev–Trinajstić information content (AvgIpc) is 2.93. The summed E-state index contributed by atoms with van der Waals surface area (Å²) < 4.78 is 1.91. The smallest absolute Gasteiger partial charge is 0.0700 e. The van der Waals surface area contributed by atoms with Crippen LogP contribution in [0.3, 0.4) is 0 Å². The van der Waals surface area contributed by atoms with E-state index in [0.717, 1.165) is 19.3 Å². The fraction of sp³-hybridized carbons (Fsp3) is 0.400. The molecular formula is C15H19N3. The summed E-state index contributed by atoms with van der Waals surface area (Å²) >= 11 is 0. The lowest BCUT2D eigenvalue weighted by Gasteiger charge is -2.09. The van der Waals surface area contributed by atoms with Gasteiger partial charge in [0.05, 0.1) is 5.69 Å². The topological polar surface area (TPSA) is 43.8 Å². The monoisotopic (exact) mass is 241 g/mol. The van der Waals surface area contributed by atoms with Gasteiger partial charge in [-0.15, -0.1) is 0 Å². The molecule has 0 amide bonds. The van der Waals surface area contributed by atoms with Crippen LogP contribution in [0.15, 0.2) is 24.4 Å². The van der Waals surface area contributed by atoms with Crippen molar-refractivity contribution in [2.24, 2.45) is 12.8 Å². The molecule has 1 atom stereocenters. The van der Waals surface area contributed by atoms with Gasteiger partial charge in [0.1, 0.15) is 0 Å². The second-order valence-corrected chi connectivity index (χ2v) is 5.04. The third-order valence-electron chi connectivity index (χ3n) is 3.85. The van der Waals surface area contributed by atoms with Gasteiger partial charge in [0.15, 0.2) is 0 Å². The van der Waals surface area contributed by atoms with Gasteiger partial charge in [-0.1, -0.05) is 25.1 Å². The number of nitrogens with two attached hydrogens (primary N) is 1. The fourth-order valence-corrected chi connectivity index (χ4v) is 2.96. The summed E-state index contributed by atoms with van der Waals surface area (Å²) in [6.07, 6.45) is 5.24. The molecule has 0 bridgehead atoms. The number of hydrogen-bond donors (Lipinski definition) is 1. The Morgan fingerprint density at radius 3 is 3.00 bits per heavy atom. The molecule has 1 aliphatic carbocycles. The van der Waals surface area contributed by atoms with Gasteiger partial charge < -0.3 is 5.73 Å². The molecule has 18 heavy (non-hydrogen) atoms. The van der Waals surface area contributed by atoms with Crippen LogP contribution in [-0.2, 0) is 19.9 Å². The maximum Gasteiger partial charge on any atom is 0.0700 e. The van der Waals surface area contributed by atoms with Gasteiger partial charge in [-0.3, -0.25) is 4.68 Å². The Balaban J connectivity index is 2.18. The first-order chi connectivity index (χ1) is 8.70. The van der Waals surface area contributed by atoms with E-state index in [4.69, 9.17) is 5.73 Å². The minimum absolute atomic E-state index is 0.210. The van der Waals surface area contributed by atoms with E-state index >= 15 is 0 Å². The fourth-order valence-electron chi connectivity index (χ4n) is 2.96. The maximum absolute atomic E-state index is 6.15. The van der Waals surface area contributed by atoms with Crippen molar-refractivity contribution in [2.45, 2.75) is 32.2 Å². The highest BCUT2D eigenvalue weighted by atomic mass is 15.2. The number of rotatable bonds is 2. The number of fused-ring (bicyclic) bond motifs is 1. The molecule has 1 unspecified atom stereocenters.